The van der Waals surface area contributed by atoms with E-state index in [2.05, 4.69) is 16.0 Å². The van der Waals surface area contributed by atoms with Gasteiger partial charge in [0.05, 0.1) is 12.6 Å². The molecule has 2 heterocycles. The smallest absolute Gasteiger partial charge is 0.326 e. The van der Waals surface area contributed by atoms with Gasteiger partial charge in [-0.3, -0.25) is 19.2 Å². The lowest BCUT2D eigenvalue weighted by molar-refractivity contribution is -0.150. The molecule has 12 heteroatoms. The number of rotatable bonds is 10. The average molecular weight is 427 g/mol. The summed E-state index contributed by atoms with van der Waals surface area (Å²) in [5, 5.41) is 26.8. The molecule has 0 bridgehead atoms. The van der Waals surface area contributed by atoms with Gasteiger partial charge < -0.3 is 36.8 Å². The van der Waals surface area contributed by atoms with Crippen LogP contribution in [-0.2, 0) is 24.0 Å². The first kappa shape index (κ1) is 23.5. The molecule has 2 aliphatic rings. The summed E-state index contributed by atoms with van der Waals surface area (Å²) in [5.74, 6) is -3.69. The van der Waals surface area contributed by atoms with Gasteiger partial charge in [0, 0.05) is 13.0 Å². The van der Waals surface area contributed by atoms with Gasteiger partial charge in [0.25, 0.3) is 0 Å². The van der Waals surface area contributed by atoms with E-state index in [0.717, 1.165) is 11.3 Å². The highest BCUT2D eigenvalue weighted by Crippen LogP contribution is 2.18. The number of carboxylic acids is 1. The SMILES string of the molecule is NC(=O)CCC(NC(=O)C1CCCN1)C(=O)NC(CO)C(=O)N1CCCC1C(=O)O. The van der Waals surface area contributed by atoms with Gasteiger partial charge >= 0.3 is 5.97 Å². The van der Waals surface area contributed by atoms with Gasteiger partial charge in [-0.1, -0.05) is 0 Å². The Bertz CT molecular complexity index is 680. The molecule has 12 nitrogen and oxygen atoms in total. The monoisotopic (exact) mass is 427 g/mol. The van der Waals surface area contributed by atoms with Crippen LogP contribution < -0.4 is 21.7 Å². The zero-order valence-corrected chi connectivity index (χ0v) is 16.6. The molecule has 168 valence electrons. The van der Waals surface area contributed by atoms with Crippen molar-refractivity contribution in [2.24, 2.45) is 5.73 Å². The molecule has 4 unspecified atom stereocenters. The summed E-state index contributed by atoms with van der Waals surface area (Å²) >= 11 is 0. The minimum atomic E-state index is -1.37. The van der Waals surface area contributed by atoms with Crippen LogP contribution in [0.4, 0.5) is 0 Å². The van der Waals surface area contributed by atoms with Crippen molar-refractivity contribution in [3.05, 3.63) is 0 Å². The number of aliphatic hydroxyl groups excluding tert-OH is 1. The van der Waals surface area contributed by atoms with Crippen LogP contribution >= 0.6 is 0 Å². The quantitative estimate of drug-likeness (QED) is 0.213. The molecule has 7 N–H and O–H groups in total. The number of likely N-dealkylation sites (tertiary alicyclic amines) is 1. The van der Waals surface area contributed by atoms with Crippen LogP contribution in [0.25, 0.3) is 0 Å². The van der Waals surface area contributed by atoms with E-state index in [1.54, 1.807) is 0 Å². The van der Waals surface area contributed by atoms with Gasteiger partial charge in [0.15, 0.2) is 0 Å². The first-order valence-corrected chi connectivity index (χ1v) is 10.0. The predicted octanol–water partition coefficient (Wildman–Crippen LogP) is -2.96. The molecule has 2 aliphatic heterocycles. The van der Waals surface area contributed by atoms with E-state index in [9.17, 15) is 34.2 Å². The number of carbonyl (C=O) groups excluding carboxylic acids is 4. The van der Waals surface area contributed by atoms with Crippen molar-refractivity contribution in [2.75, 3.05) is 19.7 Å². The van der Waals surface area contributed by atoms with Gasteiger partial charge in [-0.25, -0.2) is 4.79 Å². The fraction of sp³-hybridized carbons (Fsp3) is 0.722. The van der Waals surface area contributed by atoms with Crippen molar-refractivity contribution in [2.45, 2.75) is 62.7 Å². The summed E-state index contributed by atoms with van der Waals surface area (Å²) in [4.78, 5) is 61.3. The Morgan fingerprint density at radius 2 is 1.83 bits per heavy atom. The van der Waals surface area contributed by atoms with Crippen LogP contribution in [0.2, 0.25) is 0 Å². The third-order valence-electron chi connectivity index (χ3n) is 5.31. The highest BCUT2D eigenvalue weighted by molar-refractivity contribution is 5.94. The molecule has 30 heavy (non-hydrogen) atoms. The maximum Gasteiger partial charge on any atom is 0.326 e. The number of aliphatic hydroxyl groups is 1. The van der Waals surface area contributed by atoms with Crippen LogP contribution in [0.15, 0.2) is 0 Å². The minimum Gasteiger partial charge on any atom is -0.480 e. The van der Waals surface area contributed by atoms with Crippen LogP contribution in [0, 0.1) is 0 Å². The molecule has 2 fully saturated rings. The zero-order chi connectivity index (χ0) is 22.3. The number of hydrogen-bond donors (Lipinski definition) is 6. The lowest BCUT2D eigenvalue weighted by atomic mass is 10.1. The molecule has 0 aromatic carbocycles. The number of nitrogens with one attached hydrogen (secondary N) is 3. The van der Waals surface area contributed by atoms with E-state index in [0.29, 0.717) is 25.8 Å². The second-order valence-electron chi connectivity index (χ2n) is 7.49. The number of carbonyl (C=O) groups is 5. The van der Waals surface area contributed by atoms with E-state index in [1.807, 2.05) is 0 Å². The molecule has 0 saturated carbocycles. The van der Waals surface area contributed by atoms with E-state index in [4.69, 9.17) is 5.73 Å². The summed E-state index contributed by atoms with van der Waals surface area (Å²) < 4.78 is 0. The first-order chi connectivity index (χ1) is 14.2. The van der Waals surface area contributed by atoms with E-state index < -0.39 is 60.4 Å². The molecule has 0 radical (unpaired) electrons. The maximum atomic E-state index is 12.7. The molecule has 0 spiro atoms. The number of carboxylic acid groups (broad SMARTS) is 1. The van der Waals surface area contributed by atoms with Gasteiger partial charge in [-0.2, -0.15) is 0 Å². The predicted molar refractivity (Wildman–Crippen MR) is 103 cm³/mol. The molecule has 4 amide bonds. The van der Waals surface area contributed by atoms with Crippen LogP contribution in [-0.4, -0.2) is 88.6 Å². The molecular formula is C18H29N5O7. The Morgan fingerprint density at radius 1 is 1.10 bits per heavy atom. The molecule has 0 aromatic rings. The number of hydrogen-bond acceptors (Lipinski definition) is 7. The van der Waals surface area contributed by atoms with Crippen molar-refractivity contribution in [1.29, 1.82) is 0 Å². The van der Waals surface area contributed by atoms with E-state index in [-0.39, 0.29) is 19.4 Å². The molecule has 2 saturated heterocycles. The number of aliphatic carboxylic acids is 1. The van der Waals surface area contributed by atoms with E-state index in [1.165, 1.54) is 0 Å². The molecule has 0 aromatic heterocycles. The second kappa shape index (κ2) is 10.9. The van der Waals surface area contributed by atoms with E-state index >= 15 is 0 Å². The standard InChI is InChI=1S/C18H29N5O7/c19-14(25)6-5-11(21-15(26)10-3-1-7-20-10)16(27)22-12(9-24)17(28)23-8-2-4-13(23)18(29)30/h10-13,20,24H,1-9H2,(H2,19,25)(H,21,26)(H,22,27)(H,29,30). The summed E-state index contributed by atoms with van der Waals surface area (Å²) in [5.41, 5.74) is 5.14. The molecular weight excluding hydrogens is 398 g/mol. The number of primary amides is 1. The van der Waals surface area contributed by atoms with Crippen LogP contribution in [0.1, 0.15) is 38.5 Å². The number of nitrogens with zero attached hydrogens (tertiary/aromatic N) is 1. The molecule has 0 aliphatic carbocycles. The normalized spacial score (nSPS) is 22.9. The topological polar surface area (TPSA) is 191 Å². The second-order valence-corrected chi connectivity index (χ2v) is 7.49. The summed E-state index contributed by atoms with van der Waals surface area (Å²) in [6, 6.07) is -3.97. The summed E-state index contributed by atoms with van der Waals surface area (Å²) in [6.45, 7) is 0.142. The number of amides is 4. The largest absolute Gasteiger partial charge is 0.480 e. The van der Waals surface area contributed by atoms with Crippen LogP contribution in [0.3, 0.4) is 0 Å². The van der Waals surface area contributed by atoms with Crippen molar-refractivity contribution in [3.63, 3.8) is 0 Å². The van der Waals surface area contributed by atoms with Gasteiger partial charge in [0.1, 0.15) is 18.1 Å². The highest BCUT2D eigenvalue weighted by Gasteiger charge is 2.38. The average Bonchev–Trinajstić information content (AvgIpc) is 3.40. The van der Waals surface area contributed by atoms with Gasteiger partial charge in [-0.05, 0) is 38.6 Å². The third kappa shape index (κ3) is 6.13. The maximum absolute atomic E-state index is 12.7. The first-order valence-electron chi connectivity index (χ1n) is 10.0. The third-order valence-corrected chi connectivity index (χ3v) is 5.31. The van der Waals surface area contributed by atoms with Crippen molar-refractivity contribution < 1.29 is 34.2 Å². The Balaban J connectivity index is 2.04. The Morgan fingerprint density at radius 3 is 2.40 bits per heavy atom. The molecule has 4 atom stereocenters. The van der Waals surface area contributed by atoms with Crippen molar-refractivity contribution >= 4 is 29.6 Å². The van der Waals surface area contributed by atoms with Crippen molar-refractivity contribution in [3.8, 4) is 0 Å². The highest BCUT2D eigenvalue weighted by atomic mass is 16.4. The van der Waals surface area contributed by atoms with Gasteiger partial charge in [-0.15, -0.1) is 0 Å². The molecule has 2 rings (SSSR count). The van der Waals surface area contributed by atoms with Crippen LogP contribution in [0.5, 0.6) is 0 Å². The number of nitrogens with two attached hydrogens (primary N) is 1. The lowest BCUT2D eigenvalue weighted by Gasteiger charge is -2.28. The van der Waals surface area contributed by atoms with Gasteiger partial charge in [0.2, 0.25) is 23.6 Å². The Labute approximate surface area is 173 Å². The fourth-order valence-corrected chi connectivity index (χ4v) is 3.68. The Hall–Kier alpha value is -2.73. The fourth-order valence-electron chi connectivity index (χ4n) is 3.68. The summed E-state index contributed by atoms with van der Waals surface area (Å²) in [7, 11) is 0. The zero-order valence-electron chi connectivity index (χ0n) is 16.6. The summed E-state index contributed by atoms with van der Waals surface area (Å²) in [6.07, 6.45) is 1.98. The minimum absolute atomic E-state index is 0.0760. The lowest BCUT2D eigenvalue weighted by Crippen LogP contribution is -2.58. The Kier molecular flexibility index (Phi) is 8.54. The van der Waals surface area contributed by atoms with Crippen molar-refractivity contribution in [1.82, 2.24) is 20.9 Å².